The highest BCUT2D eigenvalue weighted by molar-refractivity contribution is 7.99. The molecule has 1 aromatic rings. The minimum absolute atomic E-state index is 0.158. The number of carboxylic acids is 1. The van der Waals surface area contributed by atoms with Crippen molar-refractivity contribution in [2.45, 2.75) is 31.7 Å². The van der Waals surface area contributed by atoms with Crippen molar-refractivity contribution in [1.29, 1.82) is 0 Å². The van der Waals surface area contributed by atoms with Gasteiger partial charge in [0.05, 0.1) is 0 Å². The first-order chi connectivity index (χ1) is 8.95. The Kier molecular flexibility index (Phi) is 5.89. The normalized spacial score (nSPS) is 12.2. The van der Waals surface area contributed by atoms with E-state index in [-0.39, 0.29) is 11.8 Å². The van der Waals surface area contributed by atoms with Gasteiger partial charge in [-0.2, -0.15) is 0 Å². The molecule has 0 saturated carbocycles. The van der Waals surface area contributed by atoms with E-state index in [0.29, 0.717) is 5.56 Å². The van der Waals surface area contributed by atoms with Gasteiger partial charge in [0, 0.05) is 10.5 Å². The van der Waals surface area contributed by atoms with Gasteiger partial charge in [-0.1, -0.05) is 26.8 Å². The summed E-state index contributed by atoms with van der Waals surface area (Å²) in [5.41, 5.74) is 0.491. The van der Waals surface area contributed by atoms with Crippen molar-refractivity contribution in [3.05, 3.63) is 29.8 Å². The van der Waals surface area contributed by atoms with Crippen LogP contribution in [0, 0.1) is 5.92 Å². The fourth-order valence-electron chi connectivity index (χ4n) is 1.63. The van der Waals surface area contributed by atoms with E-state index < -0.39 is 12.0 Å². The number of hydrogen-bond acceptors (Lipinski definition) is 3. The molecule has 2 N–H and O–H groups in total. The van der Waals surface area contributed by atoms with Gasteiger partial charge < -0.3 is 10.4 Å². The summed E-state index contributed by atoms with van der Waals surface area (Å²) in [6.07, 6.45) is 0. The molecule has 0 aliphatic rings. The quantitative estimate of drug-likeness (QED) is 0.787. The Bertz CT molecular complexity index is 460. The lowest BCUT2D eigenvalue weighted by atomic mass is 10.0. The smallest absolute Gasteiger partial charge is 0.326 e. The Morgan fingerprint density at radius 1 is 1.37 bits per heavy atom. The van der Waals surface area contributed by atoms with E-state index in [9.17, 15) is 9.59 Å². The molecule has 5 heteroatoms. The minimum atomic E-state index is -1.01. The van der Waals surface area contributed by atoms with E-state index in [1.54, 1.807) is 43.8 Å². The van der Waals surface area contributed by atoms with Gasteiger partial charge in [0.2, 0.25) is 0 Å². The summed E-state index contributed by atoms with van der Waals surface area (Å²) in [7, 11) is 0. The van der Waals surface area contributed by atoms with E-state index in [2.05, 4.69) is 5.32 Å². The molecular formula is C14H19NO3S. The lowest BCUT2D eigenvalue weighted by Crippen LogP contribution is -2.44. The molecule has 0 saturated heterocycles. The van der Waals surface area contributed by atoms with E-state index in [1.165, 1.54) is 0 Å². The van der Waals surface area contributed by atoms with Crippen molar-refractivity contribution in [3.8, 4) is 0 Å². The maximum absolute atomic E-state index is 12.0. The third-order valence-electron chi connectivity index (χ3n) is 2.63. The fourth-order valence-corrected chi connectivity index (χ4v) is 2.35. The van der Waals surface area contributed by atoms with Crippen LogP contribution in [-0.2, 0) is 4.79 Å². The van der Waals surface area contributed by atoms with Gasteiger partial charge in [0.15, 0.2) is 0 Å². The lowest BCUT2D eigenvalue weighted by Gasteiger charge is -2.18. The Hall–Kier alpha value is -1.49. The number of carboxylic acid groups (broad SMARTS) is 1. The molecule has 0 radical (unpaired) electrons. The summed E-state index contributed by atoms with van der Waals surface area (Å²) in [5, 5.41) is 11.6. The predicted octanol–water partition coefficient (Wildman–Crippen LogP) is 2.64. The Morgan fingerprint density at radius 3 is 2.58 bits per heavy atom. The van der Waals surface area contributed by atoms with Gasteiger partial charge >= 0.3 is 5.97 Å². The standard InChI is InChI=1S/C14H19NO3S/c1-4-19-11-7-5-6-10(8-11)13(16)15-12(9(2)3)14(17)18/h5-9,12H,4H2,1-3H3,(H,15,16)(H,17,18). The average Bonchev–Trinajstić information content (AvgIpc) is 2.35. The van der Waals surface area contributed by atoms with Crippen LogP contribution in [0.2, 0.25) is 0 Å². The fraction of sp³-hybridized carbons (Fsp3) is 0.429. The predicted molar refractivity (Wildman–Crippen MR) is 76.6 cm³/mol. The third kappa shape index (κ3) is 4.59. The highest BCUT2D eigenvalue weighted by Crippen LogP contribution is 2.18. The van der Waals surface area contributed by atoms with Crippen molar-refractivity contribution in [2.24, 2.45) is 5.92 Å². The molecule has 0 spiro atoms. The highest BCUT2D eigenvalue weighted by atomic mass is 32.2. The van der Waals surface area contributed by atoms with Gasteiger partial charge in [-0.25, -0.2) is 4.79 Å². The second-order valence-corrected chi connectivity index (χ2v) is 5.83. The van der Waals surface area contributed by atoms with Crippen LogP contribution in [0.4, 0.5) is 0 Å². The molecule has 1 amide bonds. The summed E-state index contributed by atoms with van der Waals surface area (Å²) in [4.78, 5) is 24.1. The zero-order valence-electron chi connectivity index (χ0n) is 11.3. The summed E-state index contributed by atoms with van der Waals surface area (Å²) in [5.74, 6) is -0.591. The monoisotopic (exact) mass is 281 g/mol. The van der Waals surface area contributed by atoms with Crippen molar-refractivity contribution >= 4 is 23.6 Å². The molecule has 104 valence electrons. The lowest BCUT2D eigenvalue weighted by molar-refractivity contribution is -0.140. The molecular weight excluding hydrogens is 262 g/mol. The van der Waals surface area contributed by atoms with E-state index in [1.807, 2.05) is 13.0 Å². The van der Waals surface area contributed by atoms with Crippen LogP contribution in [0.5, 0.6) is 0 Å². The van der Waals surface area contributed by atoms with Crippen LogP contribution in [0.3, 0.4) is 0 Å². The maximum atomic E-state index is 12.0. The van der Waals surface area contributed by atoms with Gasteiger partial charge in [0.25, 0.3) is 5.91 Å². The molecule has 1 rings (SSSR count). The van der Waals surface area contributed by atoms with Crippen molar-refractivity contribution < 1.29 is 14.7 Å². The number of nitrogens with one attached hydrogen (secondary N) is 1. The minimum Gasteiger partial charge on any atom is -0.480 e. The second kappa shape index (κ2) is 7.19. The number of carbonyl (C=O) groups is 2. The zero-order valence-corrected chi connectivity index (χ0v) is 12.2. The number of aliphatic carboxylic acids is 1. The Labute approximate surface area is 117 Å². The number of amides is 1. The van der Waals surface area contributed by atoms with Crippen LogP contribution in [0.1, 0.15) is 31.1 Å². The summed E-state index contributed by atoms with van der Waals surface area (Å²) >= 11 is 1.64. The van der Waals surface area contributed by atoms with Crippen LogP contribution in [0.15, 0.2) is 29.2 Å². The van der Waals surface area contributed by atoms with E-state index in [4.69, 9.17) is 5.11 Å². The molecule has 4 nitrogen and oxygen atoms in total. The molecule has 1 aromatic carbocycles. The van der Waals surface area contributed by atoms with Crippen LogP contribution in [-0.4, -0.2) is 28.8 Å². The maximum Gasteiger partial charge on any atom is 0.326 e. The van der Waals surface area contributed by atoms with Crippen molar-refractivity contribution in [2.75, 3.05) is 5.75 Å². The summed E-state index contributed by atoms with van der Waals surface area (Å²) in [6, 6.07) is 6.34. The molecule has 0 fully saturated rings. The number of thioether (sulfide) groups is 1. The van der Waals surface area contributed by atoms with Crippen LogP contribution in [0.25, 0.3) is 0 Å². The van der Waals surface area contributed by atoms with Gasteiger partial charge in [-0.3, -0.25) is 4.79 Å². The average molecular weight is 281 g/mol. The Morgan fingerprint density at radius 2 is 2.05 bits per heavy atom. The number of carbonyl (C=O) groups excluding carboxylic acids is 1. The van der Waals surface area contributed by atoms with E-state index in [0.717, 1.165) is 10.6 Å². The second-order valence-electron chi connectivity index (χ2n) is 4.49. The summed E-state index contributed by atoms with van der Waals surface area (Å²) < 4.78 is 0. The van der Waals surface area contributed by atoms with Crippen molar-refractivity contribution in [3.63, 3.8) is 0 Å². The third-order valence-corrected chi connectivity index (χ3v) is 3.50. The molecule has 1 unspecified atom stereocenters. The van der Waals surface area contributed by atoms with Gasteiger partial charge in [0.1, 0.15) is 6.04 Å². The van der Waals surface area contributed by atoms with Crippen LogP contribution < -0.4 is 5.32 Å². The molecule has 1 atom stereocenters. The first-order valence-corrected chi connectivity index (χ1v) is 7.20. The molecule has 0 aliphatic heterocycles. The molecule has 19 heavy (non-hydrogen) atoms. The Balaban J connectivity index is 2.82. The SMILES string of the molecule is CCSc1cccc(C(=O)NC(C(=O)O)C(C)C)c1. The van der Waals surface area contributed by atoms with E-state index >= 15 is 0 Å². The number of hydrogen-bond donors (Lipinski definition) is 2. The van der Waals surface area contributed by atoms with Crippen molar-refractivity contribution in [1.82, 2.24) is 5.32 Å². The topological polar surface area (TPSA) is 66.4 Å². The molecule has 0 bridgehead atoms. The number of rotatable bonds is 6. The van der Waals surface area contributed by atoms with Crippen LogP contribution >= 0.6 is 11.8 Å². The zero-order chi connectivity index (χ0) is 14.4. The highest BCUT2D eigenvalue weighted by Gasteiger charge is 2.23. The molecule has 0 heterocycles. The number of benzene rings is 1. The van der Waals surface area contributed by atoms with Gasteiger partial charge in [-0.15, -0.1) is 11.8 Å². The first-order valence-electron chi connectivity index (χ1n) is 6.22. The van der Waals surface area contributed by atoms with Gasteiger partial charge in [-0.05, 0) is 29.9 Å². The largest absolute Gasteiger partial charge is 0.480 e. The molecule has 0 aliphatic carbocycles. The summed E-state index contributed by atoms with van der Waals surface area (Å²) in [6.45, 7) is 5.57. The molecule has 0 aromatic heterocycles. The first kappa shape index (κ1) is 15.6.